The number of alkyl halides is 2. The molecule has 5 heteroatoms. The van der Waals surface area contributed by atoms with E-state index < -0.39 is 11.8 Å². The van der Waals surface area contributed by atoms with Crippen LogP contribution in [0.4, 0.5) is 8.78 Å². The van der Waals surface area contributed by atoms with Crippen molar-refractivity contribution in [2.24, 2.45) is 11.7 Å². The molecule has 0 aromatic carbocycles. The van der Waals surface area contributed by atoms with E-state index in [0.717, 1.165) is 5.56 Å². The van der Waals surface area contributed by atoms with E-state index in [1.54, 1.807) is 0 Å². The maximum atomic E-state index is 14.0. The molecule has 2 N–H and O–H groups in total. The van der Waals surface area contributed by atoms with Gasteiger partial charge in [-0.25, -0.2) is 0 Å². The molecule has 1 aromatic heterocycles. The SMILES string of the molecule is CC(C)n1nc(CN)c2c1C(F)(F)C1CC21. The number of rotatable bonds is 2. The van der Waals surface area contributed by atoms with Crippen molar-refractivity contribution < 1.29 is 8.78 Å². The summed E-state index contributed by atoms with van der Waals surface area (Å²) in [4.78, 5) is 0. The van der Waals surface area contributed by atoms with Gasteiger partial charge in [0.1, 0.15) is 5.69 Å². The van der Waals surface area contributed by atoms with Gasteiger partial charge in [0.25, 0.3) is 5.92 Å². The fourth-order valence-electron chi connectivity index (χ4n) is 2.83. The highest BCUT2D eigenvalue weighted by Gasteiger charge is 2.66. The highest BCUT2D eigenvalue weighted by atomic mass is 19.3. The van der Waals surface area contributed by atoms with Crippen molar-refractivity contribution in [3.63, 3.8) is 0 Å². The van der Waals surface area contributed by atoms with Gasteiger partial charge in [-0.2, -0.15) is 13.9 Å². The minimum atomic E-state index is -2.70. The zero-order valence-electron chi connectivity index (χ0n) is 9.37. The van der Waals surface area contributed by atoms with Crippen molar-refractivity contribution in [1.82, 2.24) is 9.78 Å². The Morgan fingerprint density at radius 3 is 2.81 bits per heavy atom. The summed E-state index contributed by atoms with van der Waals surface area (Å²) in [7, 11) is 0. The lowest BCUT2D eigenvalue weighted by Crippen LogP contribution is -2.21. The summed E-state index contributed by atoms with van der Waals surface area (Å²) in [6.45, 7) is 3.99. The summed E-state index contributed by atoms with van der Waals surface area (Å²) in [5.74, 6) is -3.18. The van der Waals surface area contributed by atoms with E-state index in [1.807, 2.05) is 13.8 Å². The topological polar surface area (TPSA) is 43.8 Å². The van der Waals surface area contributed by atoms with Crippen LogP contribution >= 0.6 is 0 Å². The Morgan fingerprint density at radius 1 is 1.56 bits per heavy atom. The molecule has 3 rings (SSSR count). The second-order valence-corrected chi connectivity index (χ2v) is 5.02. The fourth-order valence-corrected chi connectivity index (χ4v) is 2.83. The highest BCUT2D eigenvalue weighted by molar-refractivity contribution is 5.45. The normalized spacial score (nSPS) is 29.4. The minimum absolute atomic E-state index is 0.0102. The van der Waals surface area contributed by atoms with Crippen molar-refractivity contribution in [2.75, 3.05) is 0 Å². The number of aromatic nitrogens is 2. The van der Waals surface area contributed by atoms with Crippen LogP contribution in [0.1, 0.15) is 49.2 Å². The van der Waals surface area contributed by atoms with Crippen molar-refractivity contribution in [1.29, 1.82) is 0 Å². The van der Waals surface area contributed by atoms with Gasteiger partial charge in [-0.15, -0.1) is 0 Å². The van der Waals surface area contributed by atoms with Gasteiger partial charge in [0.2, 0.25) is 0 Å². The Balaban J connectivity index is 2.22. The van der Waals surface area contributed by atoms with Gasteiger partial charge in [-0.05, 0) is 26.2 Å². The van der Waals surface area contributed by atoms with Gasteiger partial charge in [-0.3, -0.25) is 4.68 Å². The second kappa shape index (κ2) is 2.83. The zero-order valence-corrected chi connectivity index (χ0v) is 9.37. The number of fused-ring (bicyclic) bond motifs is 3. The van der Waals surface area contributed by atoms with E-state index >= 15 is 0 Å². The maximum absolute atomic E-state index is 14.0. The molecule has 2 atom stereocenters. The Bertz CT molecular complexity index is 450. The Hall–Kier alpha value is -0.970. The average molecular weight is 227 g/mol. The predicted molar refractivity (Wildman–Crippen MR) is 55.2 cm³/mol. The number of halogens is 2. The lowest BCUT2D eigenvalue weighted by Gasteiger charge is -2.17. The monoisotopic (exact) mass is 227 g/mol. The summed E-state index contributed by atoms with van der Waals surface area (Å²) >= 11 is 0. The van der Waals surface area contributed by atoms with Crippen LogP contribution in [0, 0.1) is 5.92 Å². The maximum Gasteiger partial charge on any atom is 0.293 e. The second-order valence-electron chi connectivity index (χ2n) is 5.02. The Kier molecular flexibility index (Phi) is 1.80. The molecule has 1 saturated carbocycles. The average Bonchev–Trinajstić information content (AvgIpc) is 2.85. The lowest BCUT2D eigenvalue weighted by atomic mass is 10.1. The predicted octanol–water partition coefficient (Wildman–Crippen LogP) is 2.13. The molecule has 16 heavy (non-hydrogen) atoms. The van der Waals surface area contributed by atoms with E-state index in [9.17, 15) is 8.78 Å². The summed E-state index contributed by atoms with van der Waals surface area (Å²) in [6, 6.07) is -0.0441. The highest BCUT2D eigenvalue weighted by Crippen LogP contribution is 2.67. The number of nitrogens with two attached hydrogens (primary N) is 1. The van der Waals surface area contributed by atoms with Crippen LogP contribution in [-0.4, -0.2) is 9.78 Å². The van der Waals surface area contributed by atoms with Crippen LogP contribution < -0.4 is 5.73 Å². The van der Waals surface area contributed by atoms with Gasteiger partial charge in [0, 0.05) is 24.1 Å². The van der Waals surface area contributed by atoms with Gasteiger partial charge < -0.3 is 5.73 Å². The molecule has 2 aliphatic carbocycles. The molecular formula is C11H15F2N3. The Labute approximate surface area is 92.6 Å². The molecule has 2 unspecified atom stereocenters. The molecule has 0 bridgehead atoms. The summed E-state index contributed by atoms with van der Waals surface area (Å²) in [5, 5.41) is 4.23. The molecule has 3 nitrogen and oxygen atoms in total. The zero-order chi connectivity index (χ0) is 11.7. The van der Waals surface area contributed by atoms with E-state index in [2.05, 4.69) is 5.10 Å². The van der Waals surface area contributed by atoms with E-state index in [4.69, 9.17) is 5.73 Å². The van der Waals surface area contributed by atoms with E-state index in [-0.39, 0.29) is 24.2 Å². The first-order valence-corrected chi connectivity index (χ1v) is 5.68. The standard InChI is InChI=1S/C11H15F2N3/c1-5(2)16-10-9(8(4-14)15-16)6-3-7(6)11(10,12)13/h5-7H,3-4,14H2,1-2H3. The quantitative estimate of drug-likeness (QED) is 0.841. The molecule has 1 heterocycles. The van der Waals surface area contributed by atoms with Gasteiger partial charge >= 0.3 is 0 Å². The molecule has 0 aliphatic heterocycles. The van der Waals surface area contributed by atoms with E-state index in [1.165, 1.54) is 4.68 Å². The van der Waals surface area contributed by atoms with Crippen LogP contribution in [0.25, 0.3) is 0 Å². The largest absolute Gasteiger partial charge is 0.325 e. The summed E-state index contributed by atoms with van der Waals surface area (Å²) in [5.41, 5.74) is 7.12. The molecule has 0 amide bonds. The van der Waals surface area contributed by atoms with Gasteiger partial charge in [0.05, 0.1) is 5.69 Å². The number of hydrogen-bond acceptors (Lipinski definition) is 2. The van der Waals surface area contributed by atoms with Gasteiger partial charge in [-0.1, -0.05) is 0 Å². The third-order valence-corrected chi connectivity index (χ3v) is 3.65. The van der Waals surface area contributed by atoms with Crippen molar-refractivity contribution in [2.45, 2.75) is 44.7 Å². The molecule has 1 fully saturated rings. The molecule has 0 saturated heterocycles. The van der Waals surface area contributed by atoms with Gasteiger partial charge in [0.15, 0.2) is 0 Å². The number of hydrogen-bond donors (Lipinski definition) is 1. The van der Waals surface area contributed by atoms with Crippen molar-refractivity contribution in [3.8, 4) is 0 Å². The third kappa shape index (κ3) is 1.02. The fraction of sp³-hybridized carbons (Fsp3) is 0.727. The summed E-state index contributed by atoms with van der Waals surface area (Å²) < 4.78 is 29.5. The van der Waals surface area contributed by atoms with Crippen molar-refractivity contribution >= 4 is 0 Å². The molecule has 0 spiro atoms. The molecule has 0 radical (unpaired) electrons. The summed E-state index contributed by atoms with van der Waals surface area (Å²) in [6.07, 6.45) is 0.594. The smallest absolute Gasteiger partial charge is 0.293 e. The van der Waals surface area contributed by atoms with E-state index in [0.29, 0.717) is 12.1 Å². The molecule has 1 aromatic rings. The minimum Gasteiger partial charge on any atom is -0.325 e. The van der Waals surface area contributed by atoms with Crippen LogP contribution in [0.15, 0.2) is 0 Å². The first-order chi connectivity index (χ1) is 7.48. The van der Waals surface area contributed by atoms with Crippen molar-refractivity contribution in [3.05, 3.63) is 17.0 Å². The molecule has 2 aliphatic rings. The Morgan fingerprint density at radius 2 is 2.25 bits per heavy atom. The van der Waals surface area contributed by atoms with Crippen LogP contribution in [0.5, 0.6) is 0 Å². The van der Waals surface area contributed by atoms with Crippen LogP contribution in [0.3, 0.4) is 0 Å². The molecular weight excluding hydrogens is 212 g/mol. The van der Waals surface area contributed by atoms with Crippen LogP contribution in [-0.2, 0) is 12.5 Å². The first kappa shape index (κ1) is 10.2. The molecule has 88 valence electrons. The first-order valence-electron chi connectivity index (χ1n) is 5.68. The lowest BCUT2D eigenvalue weighted by molar-refractivity contribution is -0.0318. The third-order valence-electron chi connectivity index (χ3n) is 3.65. The number of nitrogens with zero attached hydrogens (tertiary/aromatic N) is 2. The van der Waals surface area contributed by atoms with Crippen LogP contribution in [0.2, 0.25) is 0 Å².